The van der Waals surface area contributed by atoms with Gasteiger partial charge in [0, 0.05) is 29.1 Å². The molecule has 1 fully saturated rings. The van der Waals surface area contributed by atoms with Crippen LogP contribution < -0.4 is 4.90 Å². The zero-order chi connectivity index (χ0) is 9.97. The van der Waals surface area contributed by atoms with E-state index in [0.717, 1.165) is 15.9 Å². The molecule has 0 atom stereocenters. The van der Waals surface area contributed by atoms with Crippen molar-refractivity contribution in [2.75, 3.05) is 18.0 Å². The van der Waals surface area contributed by atoms with Crippen LogP contribution in [0.15, 0.2) is 18.2 Å². The molecule has 1 aromatic carbocycles. The van der Waals surface area contributed by atoms with Crippen molar-refractivity contribution >= 4 is 33.2 Å². The lowest BCUT2D eigenvalue weighted by molar-refractivity contribution is 0.949. The zero-order valence-electron chi connectivity index (χ0n) is 7.97. The van der Waals surface area contributed by atoms with Gasteiger partial charge in [0.25, 0.3) is 0 Å². The monoisotopic (exact) mass is 273 g/mol. The van der Waals surface area contributed by atoms with Gasteiger partial charge in [-0.05, 0) is 30.5 Å². The van der Waals surface area contributed by atoms with Gasteiger partial charge in [-0.1, -0.05) is 33.6 Å². The summed E-state index contributed by atoms with van der Waals surface area (Å²) >= 11 is 9.57. The van der Waals surface area contributed by atoms with Crippen LogP contribution in [0.3, 0.4) is 0 Å². The molecule has 0 N–H and O–H groups in total. The molecule has 1 heterocycles. The molecular weight excluding hydrogens is 261 g/mol. The van der Waals surface area contributed by atoms with Crippen LogP contribution in [0, 0.1) is 0 Å². The Bertz CT molecular complexity index is 321. The van der Waals surface area contributed by atoms with Gasteiger partial charge in [0.2, 0.25) is 0 Å². The Hall–Kier alpha value is -0.210. The maximum absolute atomic E-state index is 6.15. The molecule has 1 saturated heterocycles. The predicted molar refractivity (Wildman–Crippen MR) is 65.5 cm³/mol. The van der Waals surface area contributed by atoms with Gasteiger partial charge < -0.3 is 4.90 Å². The van der Waals surface area contributed by atoms with Crippen molar-refractivity contribution in [2.45, 2.75) is 18.2 Å². The van der Waals surface area contributed by atoms with Gasteiger partial charge in [-0.15, -0.1) is 0 Å². The average molecular weight is 275 g/mol. The van der Waals surface area contributed by atoms with Crippen molar-refractivity contribution in [1.82, 2.24) is 0 Å². The molecule has 0 radical (unpaired) electrons. The van der Waals surface area contributed by atoms with E-state index in [2.05, 4.69) is 39.0 Å². The van der Waals surface area contributed by atoms with E-state index in [4.69, 9.17) is 11.6 Å². The number of anilines is 1. The molecule has 76 valence electrons. The van der Waals surface area contributed by atoms with E-state index in [1.807, 2.05) is 0 Å². The minimum absolute atomic E-state index is 0.826. The topological polar surface area (TPSA) is 3.24 Å². The second-order valence-corrected chi connectivity index (χ2v) is 4.57. The van der Waals surface area contributed by atoms with Crippen molar-refractivity contribution in [3.63, 3.8) is 0 Å². The normalized spacial score (nSPS) is 16.3. The Balaban J connectivity index is 2.23. The lowest BCUT2D eigenvalue weighted by Gasteiger charge is -2.18. The maximum atomic E-state index is 6.15. The van der Waals surface area contributed by atoms with Crippen molar-refractivity contribution in [2.24, 2.45) is 0 Å². The first-order valence-electron chi connectivity index (χ1n) is 4.90. The van der Waals surface area contributed by atoms with E-state index < -0.39 is 0 Å². The van der Waals surface area contributed by atoms with E-state index in [0.29, 0.717) is 0 Å². The summed E-state index contributed by atoms with van der Waals surface area (Å²) in [5, 5.41) is 1.69. The summed E-state index contributed by atoms with van der Waals surface area (Å²) in [6.45, 7) is 2.34. The van der Waals surface area contributed by atoms with Crippen LogP contribution in [-0.4, -0.2) is 13.1 Å². The second kappa shape index (κ2) is 4.54. The first kappa shape index (κ1) is 10.3. The second-order valence-electron chi connectivity index (χ2n) is 3.60. The van der Waals surface area contributed by atoms with Crippen LogP contribution >= 0.6 is 27.5 Å². The molecule has 0 saturated carbocycles. The molecule has 1 aliphatic rings. The number of halogens is 2. The summed E-state index contributed by atoms with van der Waals surface area (Å²) < 4.78 is 0. The van der Waals surface area contributed by atoms with Crippen LogP contribution in [0.25, 0.3) is 0 Å². The smallest absolute Gasteiger partial charge is 0.0467 e. The molecule has 2 rings (SSSR count). The van der Waals surface area contributed by atoms with Crippen LogP contribution in [0.1, 0.15) is 18.4 Å². The van der Waals surface area contributed by atoms with Crippen molar-refractivity contribution < 1.29 is 0 Å². The van der Waals surface area contributed by atoms with Crippen LogP contribution in [0.4, 0.5) is 5.69 Å². The summed E-state index contributed by atoms with van der Waals surface area (Å²) in [7, 11) is 0. The molecular formula is C11H13BrClN. The molecule has 0 unspecified atom stereocenters. The molecule has 0 spiro atoms. The van der Waals surface area contributed by atoms with E-state index >= 15 is 0 Å². The van der Waals surface area contributed by atoms with Crippen molar-refractivity contribution in [1.29, 1.82) is 0 Å². The molecule has 1 aromatic rings. The highest BCUT2D eigenvalue weighted by atomic mass is 79.9. The van der Waals surface area contributed by atoms with E-state index in [9.17, 15) is 0 Å². The van der Waals surface area contributed by atoms with Gasteiger partial charge in [0.05, 0.1) is 0 Å². The van der Waals surface area contributed by atoms with Gasteiger partial charge in [-0.2, -0.15) is 0 Å². The standard InChI is InChI=1S/C11H13BrClN/c12-8-9-3-4-10(7-11(9)13)14-5-1-2-6-14/h3-4,7H,1-2,5-6,8H2. The van der Waals surface area contributed by atoms with Gasteiger partial charge in [-0.25, -0.2) is 0 Å². The quantitative estimate of drug-likeness (QED) is 0.741. The molecule has 14 heavy (non-hydrogen) atoms. The number of benzene rings is 1. The molecule has 0 aliphatic carbocycles. The summed E-state index contributed by atoms with van der Waals surface area (Å²) in [5.41, 5.74) is 2.42. The predicted octanol–water partition coefficient (Wildman–Crippen LogP) is 3.84. The van der Waals surface area contributed by atoms with E-state index in [-0.39, 0.29) is 0 Å². The lowest BCUT2D eigenvalue weighted by Crippen LogP contribution is -2.17. The highest BCUT2D eigenvalue weighted by Crippen LogP contribution is 2.27. The minimum atomic E-state index is 0.826. The number of hydrogen-bond donors (Lipinski definition) is 0. The first-order chi connectivity index (χ1) is 6.81. The zero-order valence-corrected chi connectivity index (χ0v) is 10.3. The molecule has 0 aromatic heterocycles. The van der Waals surface area contributed by atoms with Crippen molar-refractivity contribution in [3.8, 4) is 0 Å². The fourth-order valence-corrected chi connectivity index (χ4v) is 2.71. The highest BCUT2D eigenvalue weighted by Gasteiger charge is 2.12. The average Bonchev–Trinajstić information content (AvgIpc) is 2.70. The van der Waals surface area contributed by atoms with Crippen LogP contribution in [0.2, 0.25) is 5.02 Å². The highest BCUT2D eigenvalue weighted by molar-refractivity contribution is 9.08. The van der Waals surface area contributed by atoms with Gasteiger partial charge in [0.1, 0.15) is 0 Å². The fraction of sp³-hybridized carbons (Fsp3) is 0.455. The molecule has 1 aliphatic heterocycles. The summed E-state index contributed by atoms with van der Waals surface area (Å²) in [6, 6.07) is 6.34. The fourth-order valence-electron chi connectivity index (χ4n) is 1.82. The number of alkyl halides is 1. The Labute approximate surface area is 98.2 Å². The van der Waals surface area contributed by atoms with Crippen LogP contribution in [-0.2, 0) is 5.33 Å². The molecule has 0 amide bonds. The van der Waals surface area contributed by atoms with Gasteiger partial charge >= 0.3 is 0 Å². The summed E-state index contributed by atoms with van der Waals surface area (Å²) in [4.78, 5) is 2.39. The molecule has 3 heteroatoms. The Kier molecular flexibility index (Phi) is 3.34. The third-order valence-electron chi connectivity index (χ3n) is 2.65. The molecule has 0 bridgehead atoms. The largest absolute Gasteiger partial charge is 0.371 e. The minimum Gasteiger partial charge on any atom is -0.371 e. The van der Waals surface area contributed by atoms with E-state index in [1.54, 1.807) is 0 Å². The Morgan fingerprint density at radius 1 is 1.29 bits per heavy atom. The maximum Gasteiger partial charge on any atom is 0.0467 e. The Morgan fingerprint density at radius 3 is 2.57 bits per heavy atom. The van der Waals surface area contributed by atoms with Crippen LogP contribution in [0.5, 0.6) is 0 Å². The third-order valence-corrected chi connectivity index (χ3v) is 3.61. The SMILES string of the molecule is Clc1cc(N2CCCC2)ccc1CBr. The van der Waals surface area contributed by atoms with Gasteiger partial charge in [-0.3, -0.25) is 0 Å². The lowest BCUT2D eigenvalue weighted by atomic mass is 10.2. The van der Waals surface area contributed by atoms with E-state index in [1.165, 1.54) is 31.6 Å². The number of nitrogens with zero attached hydrogens (tertiary/aromatic N) is 1. The number of rotatable bonds is 2. The van der Waals surface area contributed by atoms with Crippen molar-refractivity contribution in [3.05, 3.63) is 28.8 Å². The summed E-state index contributed by atoms with van der Waals surface area (Å²) in [5.74, 6) is 0. The summed E-state index contributed by atoms with van der Waals surface area (Å²) in [6.07, 6.45) is 2.61. The third kappa shape index (κ3) is 2.06. The first-order valence-corrected chi connectivity index (χ1v) is 6.40. The number of hydrogen-bond acceptors (Lipinski definition) is 1. The Morgan fingerprint density at radius 2 is 2.00 bits per heavy atom. The molecule has 1 nitrogen and oxygen atoms in total. The van der Waals surface area contributed by atoms with Gasteiger partial charge in [0.15, 0.2) is 0 Å².